The van der Waals surface area contributed by atoms with Gasteiger partial charge in [-0.1, -0.05) is 72.1 Å². The lowest BCUT2D eigenvalue weighted by molar-refractivity contribution is -0.123. The highest BCUT2D eigenvalue weighted by Crippen LogP contribution is 2.20. The molecule has 0 bridgehead atoms. The molecule has 0 aliphatic heterocycles. The van der Waals surface area contributed by atoms with Crippen LogP contribution in [-0.4, -0.2) is 5.78 Å². The van der Waals surface area contributed by atoms with Crippen LogP contribution in [-0.2, 0) is 4.79 Å². The number of rotatable bonds is 13. The van der Waals surface area contributed by atoms with Crippen LogP contribution in [0.3, 0.4) is 0 Å². The molecule has 0 aromatic heterocycles. The van der Waals surface area contributed by atoms with E-state index in [9.17, 15) is 4.79 Å². The molecule has 0 aromatic carbocycles. The van der Waals surface area contributed by atoms with Crippen LogP contribution in [0.1, 0.15) is 97.8 Å². The van der Waals surface area contributed by atoms with Crippen LogP contribution < -0.4 is 0 Å². The summed E-state index contributed by atoms with van der Waals surface area (Å²) < 4.78 is 0. The molecule has 0 spiro atoms. The van der Waals surface area contributed by atoms with Crippen LogP contribution in [0.2, 0.25) is 0 Å². The molecule has 0 fully saturated rings. The molecule has 1 unspecified atom stereocenters. The van der Waals surface area contributed by atoms with Gasteiger partial charge >= 0.3 is 0 Å². The molecule has 1 heteroatoms. The van der Waals surface area contributed by atoms with Crippen LogP contribution in [0.5, 0.6) is 0 Å². The summed E-state index contributed by atoms with van der Waals surface area (Å²) in [6.07, 6.45) is 14.5. The lowest BCUT2D eigenvalue weighted by Gasteiger charge is -2.15. The fourth-order valence-corrected chi connectivity index (χ4v) is 2.54. The molecule has 0 aliphatic rings. The van der Waals surface area contributed by atoms with E-state index in [1.807, 2.05) is 0 Å². The van der Waals surface area contributed by atoms with Gasteiger partial charge in [0.05, 0.1) is 0 Å². The Kier molecular flexibility index (Phi) is 12.9. The second-order valence-corrected chi connectivity index (χ2v) is 5.61. The summed E-state index contributed by atoms with van der Waals surface area (Å²) >= 11 is 0. The summed E-state index contributed by atoms with van der Waals surface area (Å²) in [6.45, 7) is 6.58. The Balaban J connectivity index is 3.75. The molecule has 0 saturated heterocycles. The van der Waals surface area contributed by atoms with Gasteiger partial charge in [0, 0.05) is 12.3 Å². The first-order valence-corrected chi connectivity index (χ1v) is 8.28. The fourth-order valence-electron chi connectivity index (χ4n) is 2.54. The SMILES string of the molecule is CCCCCCCCC(CCCC)C(=O)CCC. The Morgan fingerprint density at radius 1 is 0.722 bits per heavy atom. The average molecular weight is 254 g/mol. The Morgan fingerprint density at radius 2 is 1.28 bits per heavy atom. The molecule has 0 rings (SSSR count). The zero-order valence-corrected chi connectivity index (χ0v) is 13.0. The van der Waals surface area contributed by atoms with Gasteiger partial charge in [0.1, 0.15) is 5.78 Å². The molecule has 108 valence electrons. The summed E-state index contributed by atoms with van der Waals surface area (Å²) in [5.41, 5.74) is 0. The third-order valence-corrected chi connectivity index (χ3v) is 3.76. The third kappa shape index (κ3) is 9.67. The standard InChI is InChI=1S/C17H34O/c1-4-7-9-10-11-12-15-16(14-8-5-2)17(18)13-6-3/h16H,4-15H2,1-3H3. The molecule has 0 radical (unpaired) electrons. The van der Waals surface area contributed by atoms with Gasteiger partial charge in [-0.2, -0.15) is 0 Å². The molecule has 18 heavy (non-hydrogen) atoms. The van der Waals surface area contributed by atoms with E-state index < -0.39 is 0 Å². The molecule has 1 atom stereocenters. The smallest absolute Gasteiger partial charge is 0.135 e. The maximum Gasteiger partial charge on any atom is 0.135 e. The van der Waals surface area contributed by atoms with Crippen LogP contribution in [0, 0.1) is 5.92 Å². The Labute approximate surface area is 115 Å². The molecule has 0 aromatic rings. The number of unbranched alkanes of at least 4 members (excludes halogenated alkanes) is 6. The minimum absolute atomic E-state index is 0.371. The Bertz CT molecular complexity index is 186. The van der Waals surface area contributed by atoms with E-state index in [2.05, 4.69) is 20.8 Å². The monoisotopic (exact) mass is 254 g/mol. The minimum atomic E-state index is 0.371. The first kappa shape index (κ1) is 17.7. The number of ketones is 1. The summed E-state index contributed by atoms with van der Waals surface area (Å²) in [4.78, 5) is 12.0. The normalized spacial score (nSPS) is 12.6. The lowest BCUT2D eigenvalue weighted by atomic mass is 9.89. The molecule has 0 N–H and O–H groups in total. The third-order valence-electron chi connectivity index (χ3n) is 3.76. The number of hydrogen-bond acceptors (Lipinski definition) is 1. The molecule has 0 aliphatic carbocycles. The molecule has 1 nitrogen and oxygen atoms in total. The van der Waals surface area contributed by atoms with Crippen molar-refractivity contribution in [1.29, 1.82) is 0 Å². The largest absolute Gasteiger partial charge is 0.299 e. The van der Waals surface area contributed by atoms with Crippen molar-refractivity contribution in [3.05, 3.63) is 0 Å². The van der Waals surface area contributed by atoms with Crippen LogP contribution in [0.4, 0.5) is 0 Å². The first-order chi connectivity index (χ1) is 8.76. The first-order valence-electron chi connectivity index (χ1n) is 8.28. The highest BCUT2D eigenvalue weighted by molar-refractivity contribution is 5.80. The summed E-state index contributed by atoms with van der Waals surface area (Å²) in [7, 11) is 0. The maximum atomic E-state index is 12.0. The summed E-state index contributed by atoms with van der Waals surface area (Å²) in [5, 5.41) is 0. The van der Waals surface area contributed by atoms with E-state index in [0.717, 1.165) is 25.7 Å². The number of Topliss-reactive ketones (excluding diaryl/α,β-unsaturated/α-hetero) is 1. The van der Waals surface area contributed by atoms with Gasteiger partial charge < -0.3 is 0 Å². The predicted molar refractivity (Wildman–Crippen MR) is 80.9 cm³/mol. The summed E-state index contributed by atoms with van der Waals surface area (Å²) in [5.74, 6) is 0.899. The predicted octanol–water partition coefficient (Wildman–Crippen LogP) is 5.91. The van der Waals surface area contributed by atoms with Crippen molar-refractivity contribution in [3.8, 4) is 0 Å². The van der Waals surface area contributed by atoms with E-state index >= 15 is 0 Å². The van der Waals surface area contributed by atoms with Crippen molar-refractivity contribution in [1.82, 2.24) is 0 Å². The van der Waals surface area contributed by atoms with Crippen LogP contribution >= 0.6 is 0 Å². The number of hydrogen-bond donors (Lipinski definition) is 0. The Hall–Kier alpha value is -0.330. The molecule has 0 saturated carbocycles. The van der Waals surface area contributed by atoms with Crippen molar-refractivity contribution in [2.45, 2.75) is 97.8 Å². The van der Waals surface area contributed by atoms with Gasteiger partial charge in [-0.15, -0.1) is 0 Å². The van der Waals surface area contributed by atoms with Crippen LogP contribution in [0.25, 0.3) is 0 Å². The van der Waals surface area contributed by atoms with E-state index in [-0.39, 0.29) is 0 Å². The molecule has 0 amide bonds. The zero-order chi connectivity index (χ0) is 13.6. The summed E-state index contributed by atoms with van der Waals surface area (Å²) in [6, 6.07) is 0. The van der Waals surface area contributed by atoms with Gasteiger partial charge in [-0.25, -0.2) is 0 Å². The quantitative estimate of drug-likeness (QED) is 0.373. The highest BCUT2D eigenvalue weighted by Gasteiger charge is 2.16. The average Bonchev–Trinajstić information content (AvgIpc) is 2.37. The topological polar surface area (TPSA) is 17.1 Å². The van der Waals surface area contributed by atoms with Crippen molar-refractivity contribution in [3.63, 3.8) is 0 Å². The van der Waals surface area contributed by atoms with E-state index in [0.29, 0.717) is 11.7 Å². The van der Waals surface area contributed by atoms with Crippen molar-refractivity contribution in [2.75, 3.05) is 0 Å². The van der Waals surface area contributed by atoms with Crippen molar-refractivity contribution >= 4 is 5.78 Å². The molecular weight excluding hydrogens is 220 g/mol. The van der Waals surface area contributed by atoms with E-state index in [1.54, 1.807) is 0 Å². The minimum Gasteiger partial charge on any atom is -0.299 e. The van der Waals surface area contributed by atoms with Gasteiger partial charge in [-0.3, -0.25) is 4.79 Å². The number of carbonyl (C=O) groups is 1. The second kappa shape index (κ2) is 13.1. The van der Waals surface area contributed by atoms with Crippen molar-refractivity contribution in [2.24, 2.45) is 5.92 Å². The van der Waals surface area contributed by atoms with Crippen molar-refractivity contribution < 1.29 is 4.79 Å². The molecule has 0 heterocycles. The number of carbonyl (C=O) groups excluding carboxylic acids is 1. The fraction of sp³-hybridized carbons (Fsp3) is 0.941. The van der Waals surface area contributed by atoms with E-state index in [4.69, 9.17) is 0 Å². The maximum absolute atomic E-state index is 12.0. The van der Waals surface area contributed by atoms with Gasteiger partial charge in [0.25, 0.3) is 0 Å². The van der Waals surface area contributed by atoms with Gasteiger partial charge in [0.15, 0.2) is 0 Å². The van der Waals surface area contributed by atoms with E-state index in [1.165, 1.54) is 51.4 Å². The lowest BCUT2D eigenvalue weighted by Crippen LogP contribution is -2.14. The van der Waals surface area contributed by atoms with Gasteiger partial charge in [0.2, 0.25) is 0 Å². The second-order valence-electron chi connectivity index (χ2n) is 5.61. The van der Waals surface area contributed by atoms with Crippen LogP contribution in [0.15, 0.2) is 0 Å². The highest BCUT2D eigenvalue weighted by atomic mass is 16.1. The van der Waals surface area contributed by atoms with Gasteiger partial charge in [-0.05, 0) is 19.3 Å². The molecular formula is C17H34O. The Morgan fingerprint density at radius 3 is 1.89 bits per heavy atom. The zero-order valence-electron chi connectivity index (χ0n) is 13.0.